The van der Waals surface area contributed by atoms with Gasteiger partial charge in [0.05, 0.1) is 25.3 Å². The second-order valence-electron chi connectivity index (χ2n) is 5.83. The van der Waals surface area contributed by atoms with Crippen LogP contribution < -0.4 is 10.1 Å². The van der Waals surface area contributed by atoms with Crippen LogP contribution in [0.5, 0.6) is 11.5 Å². The second kappa shape index (κ2) is 7.31. The van der Waals surface area contributed by atoms with Crippen molar-refractivity contribution in [2.45, 2.75) is 13.5 Å². The second-order valence-corrected chi connectivity index (χ2v) is 5.83. The van der Waals surface area contributed by atoms with Gasteiger partial charge >= 0.3 is 5.97 Å². The van der Waals surface area contributed by atoms with Gasteiger partial charge in [0.1, 0.15) is 11.5 Å². The number of fused-ring (bicyclic) bond motifs is 1. The first-order valence-corrected chi connectivity index (χ1v) is 8.11. The lowest BCUT2D eigenvalue weighted by atomic mass is 9.99. The number of phenolic OH excluding ortho intramolecular Hbond substituents is 1. The number of hydrogen-bond donors (Lipinski definition) is 2. The van der Waals surface area contributed by atoms with Crippen LogP contribution >= 0.6 is 0 Å². The molecular weight excluding hydrogens is 332 g/mol. The Kier molecular flexibility index (Phi) is 4.93. The summed E-state index contributed by atoms with van der Waals surface area (Å²) in [4.78, 5) is 16.5. The van der Waals surface area contributed by atoms with Crippen molar-refractivity contribution in [2.24, 2.45) is 0 Å². The molecule has 0 saturated carbocycles. The predicted molar refractivity (Wildman–Crippen MR) is 99.8 cm³/mol. The van der Waals surface area contributed by atoms with Gasteiger partial charge in [-0.2, -0.15) is 0 Å². The zero-order chi connectivity index (χ0) is 18.7. The van der Waals surface area contributed by atoms with Crippen molar-refractivity contribution >= 4 is 22.6 Å². The fourth-order valence-corrected chi connectivity index (χ4v) is 2.94. The molecule has 0 unspecified atom stereocenters. The summed E-state index contributed by atoms with van der Waals surface area (Å²) in [5.41, 5.74) is 3.14. The molecule has 3 rings (SSSR count). The molecule has 1 heterocycles. The number of esters is 1. The van der Waals surface area contributed by atoms with E-state index < -0.39 is 5.97 Å². The number of nitrogens with zero attached hydrogens (tertiary/aromatic N) is 1. The Morgan fingerprint density at radius 1 is 1.23 bits per heavy atom. The SMILES string of the molecule is COC(=O)c1c(C)c(OC)cc(O)c1CNc1ccc2ncccc2c1. The molecule has 0 spiro atoms. The van der Waals surface area contributed by atoms with Crippen LogP contribution in [-0.4, -0.2) is 30.3 Å². The van der Waals surface area contributed by atoms with Crippen molar-refractivity contribution in [3.05, 3.63) is 59.3 Å². The molecule has 0 aliphatic carbocycles. The zero-order valence-electron chi connectivity index (χ0n) is 14.9. The molecule has 0 aliphatic heterocycles. The fraction of sp³-hybridized carbons (Fsp3) is 0.200. The highest BCUT2D eigenvalue weighted by molar-refractivity contribution is 5.94. The van der Waals surface area contributed by atoms with Gasteiger partial charge in [-0.25, -0.2) is 4.79 Å². The number of nitrogens with one attached hydrogen (secondary N) is 1. The maximum atomic E-state index is 12.2. The molecule has 0 radical (unpaired) electrons. The quantitative estimate of drug-likeness (QED) is 0.682. The number of benzene rings is 2. The summed E-state index contributed by atoms with van der Waals surface area (Å²) < 4.78 is 10.1. The highest BCUT2D eigenvalue weighted by Crippen LogP contribution is 2.33. The minimum absolute atomic E-state index is 0.0252. The Morgan fingerprint density at radius 3 is 2.77 bits per heavy atom. The van der Waals surface area contributed by atoms with Crippen molar-refractivity contribution < 1.29 is 19.4 Å². The number of carbonyl (C=O) groups excluding carboxylic acids is 1. The zero-order valence-corrected chi connectivity index (χ0v) is 14.9. The van der Waals surface area contributed by atoms with E-state index in [0.29, 0.717) is 22.4 Å². The number of phenols is 1. The number of aromatic hydroxyl groups is 1. The summed E-state index contributed by atoms with van der Waals surface area (Å²) in [5.74, 6) is -0.109. The molecule has 6 nitrogen and oxygen atoms in total. The lowest BCUT2D eigenvalue weighted by molar-refractivity contribution is 0.0597. The molecule has 0 amide bonds. The highest BCUT2D eigenvalue weighted by Gasteiger charge is 2.22. The third-order valence-corrected chi connectivity index (χ3v) is 4.31. The summed E-state index contributed by atoms with van der Waals surface area (Å²) in [6, 6.07) is 11.1. The molecular formula is C20H20N2O4. The first-order chi connectivity index (χ1) is 12.5. The molecule has 26 heavy (non-hydrogen) atoms. The third-order valence-electron chi connectivity index (χ3n) is 4.31. The van der Waals surface area contributed by atoms with E-state index in [0.717, 1.165) is 16.6 Å². The van der Waals surface area contributed by atoms with E-state index in [9.17, 15) is 9.90 Å². The molecule has 2 N–H and O–H groups in total. The number of ether oxygens (including phenoxy) is 2. The van der Waals surface area contributed by atoms with Gasteiger partial charge in [-0.05, 0) is 31.2 Å². The van der Waals surface area contributed by atoms with Crippen LogP contribution in [0.1, 0.15) is 21.5 Å². The van der Waals surface area contributed by atoms with Crippen LogP contribution in [0.25, 0.3) is 10.9 Å². The third kappa shape index (κ3) is 3.26. The Morgan fingerprint density at radius 2 is 2.04 bits per heavy atom. The van der Waals surface area contributed by atoms with Gasteiger partial charge in [0.2, 0.25) is 0 Å². The first kappa shape index (κ1) is 17.5. The molecule has 0 fully saturated rings. The standard InChI is InChI=1S/C20H20N2O4/c1-12-18(25-2)10-17(23)15(19(12)20(24)26-3)11-22-14-6-7-16-13(9-14)5-4-8-21-16/h4-10,22-23H,11H2,1-3H3. The van der Waals surface area contributed by atoms with Crippen LogP contribution in [-0.2, 0) is 11.3 Å². The van der Waals surface area contributed by atoms with E-state index >= 15 is 0 Å². The molecule has 3 aromatic rings. The van der Waals surface area contributed by atoms with Crippen molar-refractivity contribution in [3.63, 3.8) is 0 Å². The summed E-state index contributed by atoms with van der Waals surface area (Å²) in [7, 11) is 2.80. The summed E-state index contributed by atoms with van der Waals surface area (Å²) in [6.45, 7) is 2.02. The van der Waals surface area contributed by atoms with E-state index in [1.807, 2.05) is 30.3 Å². The van der Waals surface area contributed by atoms with Crippen LogP contribution in [0.15, 0.2) is 42.6 Å². The lowest BCUT2D eigenvalue weighted by Crippen LogP contribution is -2.12. The van der Waals surface area contributed by atoms with Gasteiger partial charge in [-0.15, -0.1) is 0 Å². The van der Waals surface area contributed by atoms with E-state index in [-0.39, 0.29) is 12.3 Å². The molecule has 1 aromatic heterocycles. The van der Waals surface area contributed by atoms with Gasteiger partial charge in [0.15, 0.2) is 0 Å². The number of carbonyl (C=O) groups is 1. The lowest BCUT2D eigenvalue weighted by Gasteiger charge is -2.17. The van der Waals surface area contributed by atoms with E-state index in [1.54, 1.807) is 13.1 Å². The van der Waals surface area contributed by atoms with Gasteiger partial charge in [0.25, 0.3) is 0 Å². The monoisotopic (exact) mass is 352 g/mol. The van der Waals surface area contributed by atoms with Crippen LogP contribution in [0.2, 0.25) is 0 Å². The Hall–Kier alpha value is -3.28. The van der Waals surface area contributed by atoms with Crippen molar-refractivity contribution in [3.8, 4) is 11.5 Å². The summed E-state index contributed by atoms with van der Waals surface area (Å²) in [6.07, 6.45) is 1.75. The Bertz CT molecular complexity index is 969. The van der Waals surface area contributed by atoms with Crippen molar-refractivity contribution in [1.29, 1.82) is 0 Å². The normalized spacial score (nSPS) is 10.6. The Labute approximate surface area is 151 Å². The molecule has 6 heteroatoms. The van der Waals surface area contributed by atoms with Crippen LogP contribution in [0.4, 0.5) is 5.69 Å². The first-order valence-electron chi connectivity index (χ1n) is 8.11. The molecule has 0 saturated heterocycles. The maximum absolute atomic E-state index is 12.2. The molecule has 134 valence electrons. The van der Waals surface area contributed by atoms with E-state index in [4.69, 9.17) is 9.47 Å². The largest absolute Gasteiger partial charge is 0.507 e. The smallest absolute Gasteiger partial charge is 0.338 e. The average molecular weight is 352 g/mol. The van der Waals surface area contributed by atoms with E-state index in [1.165, 1.54) is 20.3 Å². The number of aromatic nitrogens is 1. The highest BCUT2D eigenvalue weighted by atomic mass is 16.5. The molecule has 0 atom stereocenters. The van der Waals surface area contributed by atoms with E-state index in [2.05, 4.69) is 10.3 Å². The Balaban J connectivity index is 1.95. The predicted octanol–water partition coefficient (Wildman–Crippen LogP) is 3.66. The topological polar surface area (TPSA) is 80.7 Å². The van der Waals surface area contributed by atoms with Gasteiger partial charge < -0.3 is 19.9 Å². The number of anilines is 1. The minimum Gasteiger partial charge on any atom is -0.507 e. The van der Waals surface area contributed by atoms with Gasteiger partial charge in [0, 0.05) is 41.0 Å². The summed E-state index contributed by atoms with van der Waals surface area (Å²) >= 11 is 0. The number of hydrogen-bond acceptors (Lipinski definition) is 6. The fourth-order valence-electron chi connectivity index (χ4n) is 2.94. The van der Waals surface area contributed by atoms with Crippen LogP contribution in [0.3, 0.4) is 0 Å². The maximum Gasteiger partial charge on any atom is 0.338 e. The number of methoxy groups -OCH3 is 2. The average Bonchev–Trinajstić information content (AvgIpc) is 2.67. The molecule has 2 aromatic carbocycles. The minimum atomic E-state index is -0.517. The van der Waals surface area contributed by atoms with Crippen molar-refractivity contribution in [1.82, 2.24) is 4.98 Å². The molecule has 0 aliphatic rings. The number of rotatable bonds is 5. The van der Waals surface area contributed by atoms with Crippen molar-refractivity contribution in [2.75, 3.05) is 19.5 Å². The van der Waals surface area contributed by atoms with Gasteiger partial charge in [-0.1, -0.05) is 6.07 Å². The van der Waals surface area contributed by atoms with Crippen LogP contribution in [0, 0.1) is 6.92 Å². The molecule has 0 bridgehead atoms. The van der Waals surface area contributed by atoms with Gasteiger partial charge in [-0.3, -0.25) is 4.98 Å². The summed E-state index contributed by atoms with van der Waals surface area (Å²) in [5, 5.41) is 14.6. The number of pyridine rings is 1.